The average molecular weight is 200 g/mol. The summed E-state index contributed by atoms with van der Waals surface area (Å²) in [6, 6.07) is -0.0507. The summed E-state index contributed by atoms with van der Waals surface area (Å²) in [7, 11) is 3.50. The number of nitrogens with two attached hydrogens (primary N) is 1. The minimum atomic E-state index is -0.203. The molecule has 2 N–H and O–H groups in total. The third kappa shape index (κ3) is 3.27. The molecule has 0 aromatic rings. The molecular formula is C10H20N2O2. The van der Waals surface area contributed by atoms with Gasteiger partial charge in [-0.15, -0.1) is 0 Å². The largest absolute Gasteiger partial charge is 0.469 e. The Morgan fingerprint density at radius 2 is 2.43 bits per heavy atom. The lowest BCUT2D eigenvalue weighted by molar-refractivity contribution is -0.141. The summed E-state index contributed by atoms with van der Waals surface area (Å²) in [4.78, 5) is 13.3. The minimum absolute atomic E-state index is 0.0507. The SMILES string of the molecule is COC(=O)CC(N)C1CCCN(C)C1. The van der Waals surface area contributed by atoms with Gasteiger partial charge in [0.15, 0.2) is 0 Å². The molecule has 1 rings (SSSR count). The van der Waals surface area contributed by atoms with Crippen LogP contribution in [0.2, 0.25) is 0 Å². The fraction of sp³-hybridized carbons (Fsp3) is 0.900. The van der Waals surface area contributed by atoms with Crippen molar-refractivity contribution in [3.8, 4) is 0 Å². The number of esters is 1. The Morgan fingerprint density at radius 1 is 1.71 bits per heavy atom. The van der Waals surface area contributed by atoms with E-state index in [1.165, 1.54) is 13.5 Å². The summed E-state index contributed by atoms with van der Waals surface area (Å²) in [6.07, 6.45) is 2.65. The third-order valence-electron chi connectivity index (χ3n) is 2.90. The number of carbonyl (C=O) groups is 1. The first-order chi connectivity index (χ1) is 6.63. The Labute approximate surface area is 85.4 Å². The molecule has 1 saturated heterocycles. The molecule has 1 heterocycles. The maximum absolute atomic E-state index is 11.0. The van der Waals surface area contributed by atoms with E-state index in [0.717, 1.165) is 19.5 Å². The predicted molar refractivity (Wildman–Crippen MR) is 54.8 cm³/mol. The van der Waals surface area contributed by atoms with Crippen LogP contribution in [-0.4, -0.2) is 44.2 Å². The molecule has 2 atom stereocenters. The monoisotopic (exact) mass is 200 g/mol. The topological polar surface area (TPSA) is 55.6 Å². The van der Waals surface area contributed by atoms with Crippen molar-refractivity contribution in [2.24, 2.45) is 11.7 Å². The second-order valence-corrected chi connectivity index (χ2v) is 4.11. The van der Waals surface area contributed by atoms with E-state index < -0.39 is 0 Å². The summed E-state index contributed by atoms with van der Waals surface area (Å²) in [5, 5.41) is 0. The molecule has 1 aliphatic heterocycles. The van der Waals surface area contributed by atoms with E-state index in [1.807, 2.05) is 0 Å². The second-order valence-electron chi connectivity index (χ2n) is 4.11. The van der Waals surface area contributed by atoms with E-state index in [-0.39, 0.29) is 12.0 Å². The summed E-state index contributed by atoms with van der Waals surface area (Å²) >= 11 is 0. The lowest BCUT2D eigenvalue weighted by Gasteiger charge is -2.32. The van der Waals surface area contributed by atoms with E-state index in [9.17, 15) is 4.79 Å². The molecule has 0 aliphatic carbocycles. The fourth-order valence-electron chi connectivity index (χ4n) is 2.00. The van der Waals surface area contributed by atoms with E-state index in [2.05, 4.69) is 16.7 Å². The average Bonchev–Trinajstić information content (AvgIpc) is 2.17. The maximum atomic E-state index is 11.0. The molecule has 0 spiro atoms. The number of hydrogen-bond donors (Lipinski definition) is 1. The van der Waals surface area contributed by atoms with Gasteiger partial charge in [0.25, 0.3) is 0 Å². The lowest BCUT2D eigenvalue weighted by atomic mass is 9.90. The molecule has 2 unspecified atom stereocenters. The lowest BCUT2D eigenvalue weighted by Crippen LogP contribution is -2.43. The summed E-state index contributed by atoms with van der Waals surface area (Å²) < 4.78 is 4.61. The van der Waals surface area contributed by atoms with Crippen LogP contribution in [0.15, 0.2) is 0 Å². The Kier molecular flexibility index (Phi) is 4.35. The highest BCUT2D eigenvalue weighted by Crippen LogP contribution is 2.19. The smallest absolute Gasteiger partial charge is 0.307 e. The van der Waals surface area contributed by atoms with Gasteiger partial charge >= 0.3 is 5.97 Å². The molecule has 0 bridgehead atoms. The van der Waals surface area contributed by atoms with Gasteiger partial charge in [0.05, 0.1) is 13.5 Å². The van der Waals surface area contributed by atoms with Gasteiger partial charge in [-0.05, 0) is 32.4 Å². The molecule has 1 fully saturated rings. The van der Waals surface area contributed by atoms with Crippen LogP contribution in [0.1, 0.15) is 19.3 Å². The fourth-order valence-corrected chi connectivity index (χ4v) is 2.00. The van der Waals surface area contributed by atoms with E-state index >= 15 is 0 Å². The molecule has 14 heavy (non-hydrogen) atoms. The molecule has 0 aromatic heterocycles. The number of nitrogens with zero attached hydrogens (tertiary/aromatic N) is 1. The van der Waals surface area contributed by atoms with Crippen LogP contribution in [-0.2, 0) is 9.53 Å². The van der Waals surface area contributed by atoms with Crippen LogP contribution < -0.4 is 5.73 Å². The van der Waals surface area contributed by atoms with Crippen molar-refractivity contribution in [1.29, 1.82) is 0 Å². The highest BCUT2D eigenvalue weighted by Gasteiger charge is 2.24. The van der Waals surface area contributed by atoms with Gasteiger partial charge < -0.3 is 15.4 Å². The Hall–Kier alpha value is -0.610. The minimum Gasteiger partial charge on any atom is -0.469 e. The zero-order valence-corrected chi connectivity index (χ0v) is 9.03. The highest BCUT2D eigenvalue weighted by atomic mass is 16.5. The number of rotatable bonds is 3. The number of likely N-dealkylation sites (tertiary alicyclic amines) is 1. The first-order valence-corrected chi connectivity index (χ1v) is 5.14. The molecule has 4 heteroatoms. The number of carbonyl (C=O) groups excluding carboxylic acids is 1. The Bertz CT molecular complexity index is 197. The third-order valence-corrected chi connectivity index (χ3v) is 2.90. The maximum Gasteiger partial charge on any atom is 0.307 e. The molecule has 4 nitrogen and oxygen atoms in total. The normalized spacial score (nSPS) is 25.8. The standard InChI is InChI=1S/C10H20N2O2/c1-12-5-3-4-8(7-12)9(11)6-10(13)14-2/h8-9H,3-7,11H2,1-2H3. The number of hydrogen-bond acceptors (Lipinski definition) is 4. The molecular weight excluding hydrogens is 180 g/mol. The van der Waals surface area contributed by atoms with Crippen LogP contribution in [0.3, 0.4) is 0 Å². The quantitative estimate of drug-likeness (QED) is 0.662. The Morgan fingerprint density at radius 3 is 3.00 bits per heavy atom. The molecule has 0 radical (unpaired) electrons. The zero-order valence-electron chi connectivity index (χ0n) is 9.03. The van der Waals surface area contributed by atoms with Gasteiger partial charge in [0.2, 0.25) is 0 Å². The van der Waals surface area contributed by atoms with Gasteiger partial charge in [-0.3, -0.25) is 4.79 Å². The summed E-state index contributed by atoms with van der Waals surface area (Å²) in [6.45, 7) is 2.14. The summed E-state index contributed by atoms with van der Waals surface area (Å²) in [5.74, 6) is 0.235. The van der Waals surface area contributed by atoms with E-state index in [0.29, 0.717) is 12.3 Å². The van der Waals surface area contributed by atoms with Crippen molar-refractivity contribution in [2.45, 2.75) is 25.3 Å². The summed E-state index contributed by atoms with van der Waals surface area (Å²) in [5.41, 5.74) is 5.96. The van der Waals surface area contributed by atoms with Gasteiger partial charge in [0.1, 0.15) is 0 Å². The van der Waals surface area contributed by atoms with Gasteiger partial charge in [0, 0.05) is 12.6 Å². The van der Waals surface area contributed by atoms with Gasteiger partial charge in [-0.1, -0.05) is 0 Å². The van der Waals surface area contributed by atoms with Crippen molar-refractivity contribution in [1.82, 2.24) is 4.90 Å². The Balaban J connectivity index is 2.35. The van der Waals surface area contributed by atoms with Crippen molar-refractivity contribution in [2.75, 3.05) is 27.2 Å². The highest BCUT2D eigenvalue weighted by molar-refractivity contribution is 5.69. The zero-order chi connectivity index (χ0) is 10.6. The van der Waals surface area contributed by atoms with Crippen LogP contribution in [0, 0.1) is 5.92 Å². The van der Waals surface area contributed by atoms with Crippen LogP contribution in [0.5, 0.6) is 0 Å². The number of piperidine rings is 1. The van der Waals surface area contributed by atoms with Gasteiger partial charge in [-0.25, -0.2) is 0 Å². The van der Waals surface area contributed by atoms with Crippen LogP contribution >= 0.6 is 0 Å². The van der Waals surface area contributed by atoms with Crippen molar-refractivity contribution < 1.29 is 9.53 Å². The van der Waals surface area contributed by atoms with Gasteiger partial charge in [-0.2, -0.15) is 0 Å². The number of methoxy groups -OCH3 is 1. The number of ether oxygens (including phenoxy) is 1. The van der Waals surface area contributed by atoms with E-state index in [1.54, 1.807) is 0 Å². The van der Waals surface area contributed by atoms with Crippen LogP contribution in [0.4, 0.5) is 0 Å². The predicted octanol–water partition coefficient (Wildman–Crippen LogP) is 0.219. The molecule has 0 saturated carbocycles. The molecule has 82 valence electrons. The van der Waals surface area contributed by atoms with Crippen molar-refractivity contribution >= 4 is 5.97 Å². The first-order valence-electron chi connectivity index (χ1n) is 5.14. The molecule has 0 amide bonds. The van der Waals surface area contributed by atoms with Crippen molar-refractivity contribution in [3.05, 3.63) is 0 Å². The first kappa shape index (κ1) is 11.5. The second kappa shape index (κ2) is 5.32. The van der Waals surface area contributed by atoms with Crippen molar-refractivity contribution in [3.63, 3.8) is 0 Å². The van der Waals surface area contributed by atoms with Crippen LogP contribution in [0.25, 0.3) is 0 Å². The molecule has 1 aliphatic rings. The van der Waals surface area contributed by atoms with E-state index in [4.69, 9.17) is 5.73 Å². The molecule has 0 aromatic carbocycles.